The molecule has 62 heavy (non-hydrogen) atoms. The van der Waals surface area contributed by atoms with Gasteiger partial charge in [-0.2, -0.15) is 0 Å². The molecule has 0 spiro atoms. The number of likely N-dealkylation sites (tertiary alicyclic amines) is 2. The van der Waals surface area contributed by atoms with Crippen LogP contribution in [0.15, 0.2) is 70.6 Å². The Kier molecular flexibility index (Phi) is 16.5. The van der Waals surface area contributed by atoms with Crippen molar-refractivity contribution in [2.45, 2.75) is 215 Å². The van der Waals surface area contributed by atoms with Crippen molar-refractivity contribution in [2.75, 3.05) is 13.1 Å². The molecule has 2 amide bonds. The lowest BCUT2D eigenvalue weighted by Gasteiger charge is -2.41. The van der Waals surface area contributed by atoms with Crippen LogP contribution in [-0.4, -0.2) is 82.9 Å². The van der Waals surface area contributed by atoms with Gasteiger partial charge < -0.3 is 31.1 Å². The second-order valence-electron chi connectivity index (χ2n) is 19.7. The summed E-state index contributed by atoms with van der Waals surface area (Å²) in [6, 6.07) is 20.4. The highest BCUT2D eigenvalue weighted by molar-refractivity contribution is 5.91. The second kappa shape index (κ2) is 23.0. The maximum Gasteiger partial charge on any atom is 0.243 e. The third-order valence-corrected chi connectivity index (χ3v) is 15.0. The number of carbonyl (C=O) groups is 2. The summed E-state index contributed by atoms with van der Waals surface area (Å²) in [7, 11) is 0. The Morgan fingerprint density at radius 2 is 0.774 bits per heavy atom. The zero-order valence-electron chi connectivity index (χ0n) is 37.8. The van der Waals surface area contributed by atoms with Gasteiger partial charge in [0.05, 0.1) is 24.2 Å². The number of rotatable bonds is 11. The first-order valence-corrected chi connectivity index (χ1v) is 25.5. The Balaban J connectivity index is 1.08. The maximum absolute atomic E-state index is 15.1. The molecular formula is C52H78N8O2. The van der Waals surface area contributed by atoms with Crippen LogP contribution < -0.4 is 21.3 Å². The monoisotopic (exact) mass is 847 g/mol. The van der Waals surface area contributed by atoms with Crippen molar-refractivity contribution in [3.05, 3.63) is 71.8 Å². The minimum Gasteiger partial charge on any atom is -0.353 e. The van der Waals surface area contributed by atoms with E-state index >= 15 is 9.59 Å². The van der Waals surface area contributed by atoms with Gasteiger partial charge in [0.1, 0.15) is 12.1 Å². The van der Waals surface area contributed by atoms with Crippen LogP contribution in [0.25, 0.3) is 0 Å². The van der Waals surface area contributed by atoms with Crippen molar-refractivity contribution >= 4 is 23.7 Å². The summed E-state index contributed by atoms with van der Waals surface area (Å²) in [5.74, 6) is 1.90. The molecule has 10 nitrogen and oxygen atoms in total. The van der Waals surface area contributed by atoms with E-state index in [1.54, 1.807) is 0 Å². The molecule has 0 radical (unpaired) electrons. The van der Waals surface area contributed by atoms with Crippen molar-refractivity contribution in [1.29, 1.82) is 0 Å². The van der Waals surface area contributed by atoms with E-state index in [2.05, 4.69) is 55.3 Å². The SMILES string of the molecule is O=C(N[C@H](c1ccccc1)[C@H](NC(=O)[C@H]1CCCCN1C(=NC1CCCCC1)NC1CCCCC1)c1ccccc1)[C@H]1CCCCN1C(=NC1CCCCC1)NC1CCCCC1. The third-order valence-electron chi connectivity index (χ3n) is 15.0. The molecule has 4 atom stereocenters. The Hall–Kier alpha value is -4.08. The van der Waals surface area contributed by atoms with Crippen LogP contribution in [0.3, 0.4) is 0 Å². The van der Waals surface area contributed by atoms with Gasteiger partial charge in [-0.25, -0.2) is 9.98 Å². The molecule has 2 aliphatic heterocycles. The first-order valence-electron chi connectivity index (χ1n) is 25.5. The highest BCUT2D eigenvalue weighted by atomic mass is 16.2. The Labute approximate surface area is 373 Å². The first kappa shape index (κ1) is 44.5. The average Bonchev–Trinajstić information content (AvgIpc) is 3.34. The molecule has 0 unspecified atom stereocenters. The molecule has 4 saturated carbocycles. The van der Waals surface area contributed by atoms with Gasteiger partial charge >= 0.3 is 0 Å². The van der Waals surface area contributed by atoms with E-state index in [0.29, 0.717) is 24.2 Å². The van der Waals surface area contributed by atoms with Gasteiger partial charge in [0.2, 0.25) is 11.8 Å². The van der Waals surface area contributed by atoms with Crippen molar-refractivity contribution in [3.63, 3.8) is 0 Å². The molecule has 2 aromatic rings. The molecule has 6 aliphatic rings. The van der Waals surface area contributed by atoms with Crippen LogP contribution in [0.4, 0.5) is 0 Å². The number of amides is 2. The standard InChI is InChI=1S/C52H78N8O2/c61-49(45-35-19-21-37-59(45)51(53-41-27-11-3-12-28-41)54-42-29-13-4-14-30-42)57-47(39-23-7-1-8-24-39)48(40-25-9-2-10-26-40)58-50(62)46-36-20-22-38-60(46)52(55-43-31-15-5-16-32-43)56-44-33-17-6-18-34-44/h1-2,7-10,23-26,41-48H,3-6,11-22,27-38H2,(H,53,54)(H,55,56)(H,57,61)(H,58,62)/t45-,46-,47-,48-/m1/s1. The first-order chi connectivity index (χ1) is 30.6. The van der Waals surface area contributed by atoms with Crippen molar-refractivity contribution in [3.8, 4) is 0 Å². The fourth-order valence-corrected chi connectivity index (χ4v) is 11.5. The molecule has 338 valence electrons. The van der Waals surface area contributed by atoms with E-state index in [9.17, 15) is 0 Å². The predicted molar refractivity (Wildman–Crippen MR) is 252 cm³/mol. The number of nitrogens with zero attached hydrogens (tertiary/aromatic N) is 4. The summed E-state index contributed by atoms with van der Waals surface area (Å²) in [4.78, 5) is 45.9. The van der Waals surface area contributed by atoms with Crippen LogP contribution in [0.1, 0.15) is 190 Å². The Bertz CT molecular complexity index is 1600. The fourth-order valence-electron chi connectivity index (χ4n) is 11.5. The van der Waals surface area contributed by atoms with E-state index in [4.69, 9.17) is 9.98 Å². The summed E-state index contributed by atoms with van der Waals surface area (Å²) in [6.45, 7) is 1.63. The number of hydrogen-bond acceptors (Lipinski definition) is 4. The second-order valence-corrected chi connectivity index (χ2v) is 19.7. The molecule has 2 heterocycles. The van der Waals surface area contributed by atoms with Crippen molar-refractivity contribution in [1.82, 2.24) is 31.1 Å². The molecular weight excluding hydrogens is 769 g/mol. The van der Waals surface area contributed by atoms with Gasteiger partial charge in [0.25, 0.3) is 0 Å². The van der Waals surface area contributed by atoms with E-state index < -0.39 is 12.1 Å². The van der Waals surface area contributed by atoms with E-state index in [1.165, 1.54) is 77.0 Å². The zero-order chi connectivity index (χ0) is 42.4. The number of guanidine groups is 2. The summed E-state index contributed by atoms with van der Waals surface area (Å²) < 4.78 is 0. The average molecular weight is 847 g/mol. The highest BCUT2D eigenvalue weighted by Crippen LogP contribution is 2.33. The van der Waals surface area contributed by atoms with E-state index in [1.807, 2.05) is 36.4 Å². The Morgan fingerprint density at radius 3 is 1.15 bits per heavy atom. The van der Waals surface area contributed by atoms with Gasteiger partial charge in [-0.15, -0.1) is 0 Å². The minimum atomic E-state index is -0.489. The molecule has 0 bridgehead atoms. The van der Waals surface area contributed by atoms with Gasteiger partial charge in [-0.1, -0.05) is 138 Å². The van der Waals surface area contributed by atoms with Crippen LogP contribution in [0, 0.1) is 0 Å². The topological polar surface area (TPSA) is 113 Å². The lowest BCUT2D eigenvalue weighted by atomic mass is 9.91. The smallest absolute Gasteiger partial charge is 0.243 e. The van der Waals surface area contributed by atoms with Gasteiger partial charge in [0, 0.05) is 25.2 Å². The van der Waals surface area contributed by atoms with Crippen LogP contribution >= 0.6 is 0 Å². The highest BCUT2D eigenvalue weighted by Gasteiger charge is 2.39. The van der Waals surface area contributed by atoms with Crippen molar-refractivity contribution in [2.24, 2.45) is 9.98 Å². The normalized spacial score (nSPS) is 25.4. The van der Waals surface area contributed by atoms with Crippen LogP contribution in [0.5, 0.6) is 0 Å². The number of piperidine rings is 2. The maximum atomic E-state index is 15.1. The number of nitrogens with one attached hydrogen (secondary N) is 4. The number of carbonyl (C=O) groups excluding carboxylic acids is 2. The quantitative estimate of drug-likeness (QED) is 0.132. The van der Waals surface area contributed by atoms with Crippen molar-refractivity contribution < 1.29 is 9.59 Å². The number of hydrogen-bond donors (Lipinski definition) is 4. The molecule has 6 fully saturated rings. The Morgan fingerprint density at radius 1 is 0.435 bits per heavy atom. The largest absolute Gasteiger partial charge is 0.353 e. The lowest BCUT2D eigenvalue weighted by Crippen LogP contribution is -2.59. The number of benzene rings is 2. The predicted octanol–water partition coefficient (Wildman–Crippen LogP) is 9.63. The van der Waals surface area contributed by atoms with Crippen LogP contribution in [-0.2, 0) is 9.59 Å². The molecule has 4 aliphatic carbocycles. The van der Waals surface area contributed by atoms with Gasteiger partial charge in [-0.05, 0) is 101 Å². The molecule has 2 aromatic carbocycles. The summed E-state index contributed by atoms with van der Waals surface area (Å²) in [5, 5.41) is 15.1. The minimum absolute atomic E-state index is 0.00778. The third kappa shape index (κ3) is 12.1. The summed E-state index contributed by atoms with van der Waals surface area (Å²) in [5.41, 5.74) is 1.96. The molecule has 0 aromatic heterocycles. The molecule has 10 heteroatoms. The molecule has 8 rings (SSSR count). The van der Waals surface area contributed by atoms with E-state index in [-0.39, 0.29) is 23.9 Å². The lowest BCUT2D eigenvalue weighted by molar-refractivity contribution is -0.129. The molecule has 4 N–H and O–H groups in total. The molecule has 2 saturated heterocycles. The summed E-state index contributed by atoms with van der Waals surface area (Å²) >= 11 is 0. The zero-order valence-corrected chi connectivity index (χ0v) is 37.8. The summed E-state index contributed by atoms with van der Waals surface area (Å²) in [6.07, 6.45) is 29.8. The fraction of sp³-hybridized carbons (Fsp3) is 0.692. The van der Waals surface area contributed by atoms with E-state index in [0.717, 1.165) is 126 Å². The van der Waals surface area contributed by atoms with Gasteiger partial charge in [0.15, 0.2) is 11.9 Å². The number of aliphatic imine (C=N–C) groups is 2. The van der Waals surface area contributed by atoms with Crippen LogP contribution in [0.2, 0.25) is 0 Å². The van der Waals surface area contributed by atoms with Gasteiger partial charge in [-0.3, -0.25) is 9.59 Å².